The fourth-order valence-corrected chi connectivity index (χ4v) is 1.65. The van der Waals surface area contributed by atoms with Crippen molar-refractivity contribution in [3.8, 4) is 0 Å². The highest BCUT2D eigenvalue weighted by Crippen LogP contribution is 2.19. The minimum atomic E-state index is -0.638. The molecule has 0 amide bonds. The molecular formula is C9H17NO2. The largest absolute Gasteiger partial charge is 0.481 e. The second-order valence-corrected chi connectivity index (χ2v) is 3.58. The van der Waals surface area contributed by atoms with Crippen LogP contribution in [0.1, 0.15) is 26.7 Å². The van der Waals surface area contributed by atoms with Crippen LogP contribution in [0.25, 0.3) is 0 Å². The molecule has 0 aromatic rings. The monoisotopic (exact) mass is 171 g/mol. The molecule has 0 radical (unpaired) electrons. The molecule has 0 aliphatic carbocycles. The zero-order chi connectivity index (χ0) is 9.14. The number of carboxylic acids is 1. The molecule has 2 atom stereocenters. The van der Waals surface area contributed by atoms with Gasteiger partial charge in [-0.2, -0.15) is 0 Å². The van der Waals surface area contributed by atoms with Gasteiger partial charge in [0.15, 0.2) is 0 Å². The van der Waals surface area contributed by atoms with Gasteiger partial charge in [-0.25, -0.2) is 0 Å². The van der Waals surface area contributed by atoms with E-state index in [0.717, 1.165) is 25.9 Å². The van der Waals surface area contributed by atoms with Crippen molar-refractivity contribution < 1.29 is 9.90 Å². The van der Waals surface area contributed by atoms with E-state index in [1.54, 1.807) is 0 Å². The van der Waals surface area contributed by atoms with Crippen LogP contribution in [0.2, 0.25) is 0 Å². The lowest BCUT2D eigenvalue weighted by atomic mass is 10.1. The summed E-state index contributed by atoms with van der Waals surface area (Å²) in [5.41, 5.74) is 0. The minimum absolute atomic E-state index is 0.126. The van der Waals surface area contributed by atoms with Crippen LogP contribution in [0, 0.1) is 5.92 Å². The van der Waals surface area contributed by atoms with Gasteiger partial charge >= 0.3 is 5.97 Å². The maximum Gasteiger partial charge on any atom is 0.307 e. The number of carbonyl (C=O) groups is 1. The Morgan fingerprint density at radius 2 is 2.42 bits per heavy atom. The van der Waals surface area contributed by atoms with Crippen LogP contribution in [0.4, 0.5) is 0 Å². The molecule has 1 heterocycles. The molecule has 2 unspecified atom stereocenters. The summed E-state index contributed by atoms with van der Waals surface area (Å²) in [6, 6.07) is 0.536. The summed E-state index contributed by atoms with van der Waals surface area (Å²) >= 11 is 0. The first kappa shape index (κ1) is 9.52. The first-order valence-electron chi connectivity index (χ1n) is 4.62. The molecule has 1 saturated heterocycles. The molecule has 70 valence electrons. The van der Waals surface area contributed by atoms with Crippen molar-refractivity contribution in [1.29, 1.82) is 0 Å². The van der Waals surface area contributed by atoms with Gasteiger partial charge in [0, 0.05) is 12.6 Å². The number of aliphatic carboxylic acids is 1. The Kier molecular flexibility index (Phi) is 3.09. The molecule has 12 heavy (non-hydrogen) atoms. The van der Waals surface area contributed by atoms with Crippen LogP contribution in [-0.2, 0) is 4.79 Å². The van der Waals surface area contributed by atoms with Crippen molar-refractivity contribution in [2.45, 2.75) is 32.7 Å². The van der Waals surface area contributed by atoms with Crippen LogP contribution < -0.4 is 0 Å². The van der Waals surface area contributed by atoms with Gasteiger partial charge in [-0.3, -0.25) is 9.69 Å². The summed E-state index contributed by atoms with van der Waals surface area (Å²) in [6.07, 6.45) is 1.92. The third-order valence-electron chi connectivity index (χ3n) is 2.78. The molecule has 1 N–H and O–H groups in total. The van der Waals surface area contributed by atoms with Gasteiger partial charge in [-0.1, -0.05) is 6.92 Å². The van der Waals surface area contributed by atoms with E-state index in [1.165, 1.54) is 0 Å². The Bertz CT molecular complexity index is 170. The highest BCUT2D eigenvalue weighted by Gasteiger charge is 2.29. The van der Waals surface area contributed by atoms with Gasteiger partial charge in [0.05, 0.1) is 5.92 Å². The van der Waals surface area contributed by atoms with E-state index in [4.69, 9.17) is 5.11 Å². The molecule has 0 bridgehead atoms. The highest BCUT2D eigenvalue weighted by atomic mass is 16.4. The Balaban J connectivity index is 2.40. The number of nitrogens with zero attached hydrogens (tertiary/aromatic N) is 1. The molecule has 3 nitrogen and oxygen atoms in total. The summed E-state index contributed by atoms with van der Waals surface area (Å²) in [7, 11) is 0. The van der Waals surface area contributed by atoms with Gasteiger partial charge in [-0.15, -0.1) is 0 Å². The lowest BCUT2D eigenvalue weighted by Crippen LogP contribution is -2.31. The standard InChI is InChI=1S/C9H17NO2/c1-3-7(2)10-5-4-8(6-10)9(11)12/h7-8H,3-6H2,1-2H3,(H,11,12). The summed E-state index contributed by atoms with van der Waals surface area (Å²) < 4.78 is 0. The summed E-state index contributed by atoms with van der Waals surface area (Å²) in [5.74, 6) is -0.764. The Labute approximate surface area is 73.4 Å². The van der Waals surface area contributed by atoms with Crippen molar-refractivity contribution >= 4 is 5.97 Å². The van der Waals surface area contributed by atoms with Crippen molar-refractivity contribution in [3.63, 3.8) is 0 Å². The van der Waals surface area contributed by atoms with E-state index in [-0.39, 0.29) is 5.92 Å². The van der Waals surface area contributed by atoms with Crippen LogP contribution in [0.15, 0.2) is 0 Å². The summed E-state index contributed by atoms with van der Waals surface area (Å²) in [4.78, 5) is 12.9. The molecule has 0 spiro atoms. The summed E-state index contributed by atoms with van der Waals surface area (Å²) in [5, 5.41) is 8.76. The topological polar surface area (TPSA) is 40.5 Å². The normalized spacial score (nSPS) is 27.3. The SMILES string of the molecule is CCC(C)N1CCC(C(=O)O)C1. The third-order valence-corrected chi connectivity index (χ3v) is 2.78. The van der Waals surface area contributed by atoms with Gasteiger partial charge in [0.1, 0.15) is 0 Å². The number of hydrogen-bond donors (Lipinski definition) is 1. The number of hydrogen-bond acceptors (Lipinski definition) is 2. The second-order valence-electron chi connectivity index (χ2n) is 3.58. The first-order chi connectivity index (χ1) is 5.65. The van der Waals surface area contributed by atoms with E-state index in [0.29, 0.717) is 6.04 Å². The predicted octanol–water partition coefficient (Wildman–Crippen LogP) is 1.19. The fraction of sp³-hybridized carbons (Fsp3) is 0.889. The van der Waals surface area contributed by atoms with Crippen molar-refractivity contribution in [3.05, 3.63) is 0 Å². The van der Waals surface area contributed by atoms with Crippen molar-refractivity contribution in [2.24, 2.45) is 5.92 Å². The van der Waals surface area contributed by atoms with E-state index >= 15 is 0 Å². The third kappa shape index (κ3) is 1.97. The van der Waals surface area contributed by atoms with Crippen LogP contribution >= 0.6 is 0 Å². The predicted molar refractivity (Wildman–Crippen MR) is 47.1 cm³/mol. The fourth-order valence-electron chi connectivity index (χ4n) is 1.65. The van der Waals surface area contributed by atoms with Crippen LogP contribution in [0.3, 0.4) is 0 Å². The molecule has 1 rings (SSSR count). The zero-order valence-electron chi connectivity index (χ0n) is 7.79. The lowest BCUT2D eigenvalue weighted by Gasteiger charge is -2.22. The molecule has 3 heteroatoms. The number of rotatable bonds is 3. The molecular weight excluding hydrogens is 154 g/mol. The van der Waals surface area contributed by atoms with E-state index in [9.17, 15) is 4.79 Å². The van der Waals surface area contributed by atoms with Gasteiger partial charge in [0.25, 0.3) is 0 Å². The lowest BCUT2D eigenvalue weighted by molar-refractivity contribution is -0.141. The quantitative estimate of drug-likeness (QED) is 0.693. The maximum atomic E-state index is 10.6. The van der Waals surface area contributed by atoms with Crippen molar-refractivity contribution in [2.75, 3.05) is 13.1 Å². The van der Waals surface area contributed by atoms with Crippen LogP contribution in [-0.4, -0.2) is 35.1 Å². The smallest absolute Gasteiger partial charge is 0.307 e. The second kappa shape index (κ2) is 3.90. The molecule has 1 fully saturated rings. The number of carboxylic acid groups (broad SMARTS) is 1. The summed E-state index contributed by atoms with van der Waals surface area (Å²) in [6.45, 7) is 5.99. The van der Waals surface area contributed by atoms with Gasteiger partial charge < -0.3 is 5.11 Å². The van der Waals surface area contributed by atoms with Gasteiger partial charge in [0.2, 0.25) is 0 Å². The number of likely N-dealkylation sites (tertiary alicyclic amines) is 1. The van der Waals surface area contributed by atoms with E-state index in [1.807, 2.05) is 0 Å². The zero-order valence-corrected chi connectivity index (χ0v) is 7.79. The van der Waals surface area contributed by atoms with Crippen LogP contribution in [0.5, 0.6) is 0 Å². The van der Waals surface area contributed by atoms with Crippen molar-refractivity contribution in [1.82, 2.24) is 4.90 Å². The van der Waals surface area contributed by atoms with E-state index < -0.39 is 5.97 Å². The first-order valence-corrected chi connectivity index (χ1v) is 4.62. The molecule has 0 aromatic carbocycles. The van der Waals surface area contributed by atoms with E-state index in [2.05, 4.69) is 18.7 Å². The average molecular weight is 171 g/mol. The Morgan fingerprint density at radius 1 is 1.75 bits per heavy atom. The Hall–Kier alpha value is -0.570. The molecule has 0 aromatic heterocycles. The molecule has 1 aliphatic heterocycles. The Morgan fingerprint density at radius 3 is 2.83 bits per heavy atom. The molecule has 1 aliphatic rings. The molecule has 0 saturated carbocycles. The minimum Gasteiger partial charge on any atom is -0.481 e. The highest BCUT2D eigenvalue weighted by molar-refractivity contribution is 5.70. The average Bonchev–Trinajstić information content (AvgIpc) is 2.51. The maximum absolute atomic E-state index is 10.6. The van der Waals surface area contributed by atoms with Gasteiger partial charge in [-0.05, 0) is 26.3 Å².